The minimum atomic E-state index is -0.942. The Hall–Kier alpha value is 0. The van der Waals surface area contributed by atoms with E-state index in [1.807, 2.05) is 6.92 Å². The molecule has 0 saturated carbocycles. The SMILES string of the molecule is CCCC(I)NC(=O)O. The number of rotatable bonds is 3. The summed E-state index contributed by atoms with van der Waals surface area (Å²) in [5, 5.41) is 10.5. The third-order valence-corrected chi connectivity index (χ3v) is 1.76. The number of hydrogen-bond acceptors (Lipinski definition) is 1. The Labute approximate surface area is 68.0 Å². The maximum atomic E-state index is 9.97. The molecule has 1 atom stereocenters. The van der Waals surface area contributed by atoms with E-state index in [1.54, 1.807) is 0 Å². The molecule has 0 fully saturated rings. The maximum absolute atomic E-state index is 9.97. The minimum Gasteiger partial charge on any atom is -0.465 e. The Balaban J connectivity index is 3.26. The van der Waals surface area contributed by atoms with Gasteiger partial charge in [0.15, 0.2) is 0 Å². The maximum Gasteiger partial charge on any atom is 0.405 e. The van der Waals surface area contributed by atoms with Crippen molar-refractivity contribution in [3.05, 3.63) is 0 Å². The van der Waals surface area contributed by atoms with Crippen LogP contribution in [0.5, 0.6) is 0 Å². The van der Waals surface area contributed by atoms with Crippen molar-refractivity contribution in [1.82, 2.24) is 5.32 Å². The lowest BCUT2D eigenvalue weighted by molar-refractivity contribution is 0.193. The summed E-state index contributed by atoms with van der Waals surface area (Å²) in [6.07, 6.45) is 0.962. The Morgan fingerprint density at radius 2 is 2.44 bits per heavy atom. The minimum absolute atomic E-state index is 0.0603. The molecule has 0 aromatic rings. The van der Waals surface area contributed by atoms with E-state index in [0.29, 0.717) is 0 Å². The predicted octanol–water partition coefficient (Wildman–Crippen LogP) is 1.82. The van der Waals surface area contributed by atoms with Crippen LogP contribution in [0.15, 0.2) is 0 Å². The highest BCUT2D eigenvalue weighted by Gasteiger charge is 2.03. The van der Waals surface area contributed by atoms with Gasteiger partial charge in [-0.3, -0.25) is 0 Å². The summed E-state index contributed by atoms with van der Waals surface area (Å²) in [6.45, 7) is 2.02. The Morgan fingerprint density at radius 3 is 2.78 bits per heavy atom. The second-order valence-corrected chi connectivity index (χ2v) is 3.21. The molecule has 1 unspecified atom stereocenters. The number of hydrogen-bond donors (Lipinski definition) is 2. The first-order chi connectivity index (χ1) is 4.16. The fraction of sp³-hybridized carbons (Fsp3) is 0.800. The average Bonchev–Trinajstić information content (AvgIpc) is 1.63. The van der Waals surface area contributed by atoms with Crippen LogP contribution in [-0.4, -0.2) is 15.2 Å². The van der Waals surface area contributed by atoms with E-state index in [1.165, 1.54) is 0 Å². The first-order valence-electron chi connectivity index (χ1n) is 2.80. The number of carbonyl (C=O) groups is 1. The van der Waals surface area contributed by atoms with Crippen LogP contribution in [0.1, 0.15) is 19.8 Å². The summed E-state index contributed by atoms with van der Waals surface area (Å²) < 4.78 is 0.0603. The van der Waals surface area contributed by atoms with Crippen LogP contribution < -0.4 is 5.32 Å². The van der Waals surface area contributed by atoms with Crippen molar-refractivity contribution in [2.24, 2.45) is 0 Å². The highest BCUT2D eigenvalue weighted by molar-refractivity contribution is 14.1. The topological polar surface area (TPSA) is 49.3 Å². The van der Waals surface area contributed by atoms with Crippen LogP contribution >= 0.6 is 22.6 Å². The van der Waals surface area contributed by atoms with Gasteiger partial charge in [-0.15, -0.1) is 0 Å². The quantitative estimate of drug-likeness (QED) is 0.451. The molecule has 0 saturated heterocycles. The average molecular weight is 243 g/mol. The summed E-state index contributed by atoms with van der Waals surface area (Å²) in [7, 11) is 0. The molecule has 9 heavy (non-hydrogen) atoms. The van der Waals surface area contributed by atoms with Gasteiger partial charge in [-0.25, -0.2) is 4.79 Å². The second-order valence-electron chi connectivity index (χ2n) is 1.71. The van der Waals surface area contributed by atoms with E-state index in [9.17, 15) is 4.79 Å². The lowest BCUT2D eigenvalue weighted by atomic mass is 10.3. The zero-order valence-corrected chi connectivity index (χ0v) is 7.38. The molecule has 2 N–H and O–H groups in total. The molecule has 0 aliphatic rings. The summed E-state index contributed by atoms with van der Waals surface area (Å²) >= 11 is 2.06. The van der Waals surface area contributed by atoms with Crippen LogP contribution in [0.25, 0.3) is 0 Å². The normalized spacial score (nSPS) is 12.7. The molecule has 1 amide bonds. The van der Waals surface area contributed by atoms with Gasteiger partial charge in [0.2, 0.25) is 0 Å². The van der Waals surface area contributed by atoms with Crippen molar-refractivity contribution in [3.8, 4) is 0 Å². The number of carboxylic acid groups (broad SMARTS) is 1. The lowest BCUT2D eigenvalue weighted by Crippen LogP contribution is -2.28. The zero-order chi connectivity index (χ0) is 7.28. The fourth-order valence-electron chi connectivity index (χ4n) is 0.460. The molecule has 0 aromatic heterocycles. The van der Waals surface area contributed by atoms with Crippen LogP contribution in [0.3, 0.4) is 0 Å². The van der Waals surface area contributed by atoms with Gasteiger partial charge >= 0.3 is 6.09 Å². The summed E-state index contributed by atoms with van der Waals surface area (Å²) in [4.78, 5) is 9.97. The van der Waals surface area contributed by atoms with Gasteiger partial charge in [0.05, 0.1) is 4.05 Å². The van der Waals surface area contributed by atoms with Gasteiger partial charge < -0.3 is 10.4 Å². The fourth-order valence-corrected chi connectivity index (χ4v) is 1.35. The first kappa shape index (κ1) is 9.00. The third-order valence-electron chi connectivity index (χ3n) is 0.822. The number of alkyl halides is 1. The number of amides is 1. The zero-order valence-electron chi connectivity index (χ0n) is 5.22. The molecule has 0 rings (SSSR count). The highest BCUT2D eigenvalue weighted by Crippen LogP contribution is 2.03. The van der Waals surface area contributed by atoms with E-state index in [4.69, 9.17) is 5.11 Å². The van der Waals surface area contributed by atoms with Gasteiger partial charge in [0.25, 0.3) is 0 Å². The highest BCUT2D eigenvalue weighted by atomic mass is 127. The van der Waals surface area contributed by atoms with E-state index >= 15 is 0 Å². The summed E-state index contributed by atoms with van der Waals surface area (Å²) in [5.74, 6) is 0. The van der Waals surface area contributed by atoms with Crippen LogP contribution in [0.4, 0.5) is 4.79 Å². The van der Waals surface area contributed by atoms with Gasteiger partial charge in [-0.05, 0) is 6.42 Å². The van der Waals surface area contributed by atoms with Crippen molar-refractivity contribution in [2.75, 3.05) is 0 Å². The Morgan fingerprint density at radius 1 is 1.89 bits per heavy atom. The van der Waals surface area contributed by atoms with Crippen molar-refractivity contribution in [3.63, 3.8) is 0 Å². The van der Waals surface area contributed by atoms with E-state index in [2.05, 4.69) is 27.9 Å². The van der Waals surface area contributed by atoms with Gasteiger partial charge in [-0.2, -0.15) is 0 Å². The molecule has 4 heteroatoms. The Kier molecular flexibility index (Phi) is 4.84. The van der Waals surface area contributed by atoms with Crippen LogP contribution in [0, 0.1) is 0 Å². The smallest absolute Gasteiger partial charge is 0.405 e. The monoisotopic (exact) mass is 243 g/mol. The van der Waals surface area contributed by atoms with Gasteiger partial charge in [0.1, 0.15) is 0 Å². The molecule has 54 valence electrons. The molecule has 0 heterocycles. The van der Waals surface area contributed by atoms with Crippen molar-refractivity contribution >= 4 is 28.7 Å². The number of nitrogens with one attached hydrogen (secondary N) is 1. The van der Waals surface area contributed by atoms with Gasteiger partial charge in [0, 0.05) is 0 Å². The molecular formula is C5H10INO2. The lowest BCUT2D eigenvalue weighted by Gasteiger charge is -2.05. The predicted molar refractivity (Wildman–Crippen MR) is 43.9 cm³/mol. The van der Waals surface area contributed by atoms with Crippen LogP contribution in [0.2, 0.25) is 0 Å². The molecule has 0 bridgehead atoms. The molecule has 0 spiro atoms. The molecule has 3 nitrogen and oxygen atoms in total. The van der Waals surface area contributed by atoms with Crippen LogP contribution in [-0.2, 0) is 0 Å². The molecule has 0 aliphatic heterocycles. The number of halogens is 1. The first-order valence-corrected chi connectivity index (χ1v) is 4.05. The van der Waals surface area contributed by atoms with Gasteiger partial charge in [-0.1, -0.05) is 35.9 Å². The molecule has 0 aliphatic carbocycles. The largest absolute Gasteiger partial charge is 0.465 e. The third kappa shape index (κ3) is 5.88. The Bertz CT molecular complexity index is 97.0. The van der Waals surface area contributed by atoms with E-state index in [-0.39, 0.29) is 4.05 Å². The molecular weight excluding hydrogens is 233 g/mol. The summed E-state index contributed by atoms with van der Waals surface area (Å²) in [5.41, 5.74) is 0. The van der Waals surface area contributed by atoms with E-state index < -0.39 is 6.09 Å². The second kappa shape index (κ2) is 4.84. The van der Waals surface area contributed by atoms with E-state index in [0.717, 1.165) is 12.8 Å². The van der Waals surface area contributed by atoms with Crippen molar-refractivity contribution in [2.45, 2.75) is 23.8 Å². The standard InChI is InChI=1S/C5H10INO2/c1-2-3-4(6)7-5(8)9/h4,7H,2-3H2,1H3,(H,8,9). The van der Waals surface area contributed by atoms with Crippen molar-refractivity contribution in [1.29, 1.82) is 0 Å². The molecule has 0 radical (unpaired) electrons. The summed E-state index contributed by atoms with van der Waals surface area (Å²) in [6, 6.07) is 0. The molecule has 0 aromatic carbocycles. The van der Waals surface area contributed by atoms with Crippen molar-refractivity contribution < 1.29 is 9.90 Å².